The standard InChI is InChI=1S/C25H34N2O4/c1-3-5-14-30-22-10-8-20(24(28)16-22)18-26-12-7-13-27-19-21-9-11-23(17-25(21)29)31-15-6-4-2/h8-11,16-19,28-29H,3-7,12-15H2,1-2H3. The summed E-state index contributed by atoms with van der Waals surface area (Å²) in [5.74, 6) is 1.66. The summed E-state index contributed by atoms with van der Waals surface area (Å²) in [4.78, 5) is 8.70. The molecule has 31 heavy (non-hydrogen) atoms. The molecule has 0 aliphatic rings. The third kappa shape index (κ3) is 9.11. The third-order valence-corrected chi connectivity index (χ3v) is 4.57. The summed E-state index contributed by atoms with van der Waals surface area (Å²) in [7, 11) is 0. The summed E-state index contributed by atoms with van der Waals surface area (Å²) in [5, 5.41) is 20.2. The third-order valence-electron chi connectivity index (χ3n) is 4.57. The van der Waals surface area contributed by atoms with Crippen molar-refractivity contribution in [2.75, 3.05) is 26.3 Å². The minimum Gasteiger partial charge on any atom is -0.507 e. The van der Waals surface area contributed by atoms with Crippen molar-refractivity contribution in [3.8, 4) is 23.0 Å². The monoisotopic (exact) mass is 426 g/mol. The van der Waals surface area contributed by atoms with E-state index in [4.69, 9.17) is 9.47 Å². The largest absolute Gasteiger partial charge is 0.507 e. The summed E-state index contributed by atoms with van der Waals surface area (Å²) in [6.45, 7) is 6.72. The summed E-state index contributed by atoms with van der Waals surface area (Å²) >= 11 is 0. The van der Waals surface area contributed by atoms with E-state index in [1.807, 2.05) is 12.1 Å². The molecule has 0 aromatic heterocycles. The quantitative estimate of drug-likeness (QED) is 0.314. The lowest BCUT2D eigenvalue weighted by Gasteiger charge is -2.07. The van der Waals surface area contributed by atoms with Crippen molar-refractivity contribution in [2.45, 2.75) is 46.0 Å². The minimum atomic E-state index is 0.161. The van der Waals surface area contributed by atoms with Gasteiger partial charge in [0.1, 0.15) is 23.0 Å². The van der Waals surface area contributed by atoms with E-state index in [-0.39, 0.29) is 11.5 Å². The van der Waals surface area contributed by atoms with Crippen molar-refractivity contribution in [3.63, 3.8) is 0 Å². The number of nitrogens with zero attached hydrogens (tertiary/aromatic N) is 2. The van der Waals surface area contributed by atoms with E-state index in [2.05, 4.69) is 23.8 Å². The number of unbranched alkanes of at least 4 members (excludes halogenated alkanes) is 2. The van der Waals surface area contributed by atoms with Crippen molar-refractivity contribution in [1.82, 2.24) is 0 Å². The predicted molar refractivity (Wildman–Crippen MR) is 127 cm³/mol. The van der Waals surface area contributed by atoms with Gasteiger partial charge in [0, 0.05) is 48.8 Å². The van der Waals surface area contributed by atoms with Crippen LogP contribution in [0.5, 0.6) is 23.0 Å². The van der Waals surface area contributed by atoms with Gasteiger partial charge in [-0.05, 0) is 43.5 Å². The molecule has 0 bridgehead atoms. The molecule has 0 saturated carbocycles. The van der Waals surface area contributed by atoms with Gasteiger partial charge in [0.05, 0.1) is 13.2 Å². The van der Waals surface area contributed by atoms with Crippen LogP contribution in [-0.4, -0.2) is 48.9 Å². The Balaban J connectivity index is 1.72. The summed E-state index contributed by atoms with van der Waals surface area (Å²) in [6.07, 6.45) is 8.22. The van der Waals surface area contributed by atoms with E-state index in [0.717, 1.165) is 32.1 Å². The minimum absolute atomic E-state index is 0.161. The van der Waals surface area contributed by atoms with Crippen LogP contribution in [0.25, 0.3) is 0 Å². The summed E-state index contributed by atoms with van der Waals surface area (Å²) < 4.78 is 11.2. The van der Waals surface area contributed by atoms with Gasteiger partial charge in [-0.1, -0.05) is 26.7 Å². The first-order chi connectivity index (χ1) is 15.1. The van der Waals surface area contributed by atoms with Crippen LogP contribution in [0.2, 0.25) is 0 Å². The smallest absolute Gasteiger partial charge is 0.128 e. The lowest BCUT2D eigenvalue weighted by Crippen LogP contribution is -1.97. The van der Waals surface area contributed by atoms with E-state index in [1.165, 1.54) is 0 Å². The predicted octanol–water partition coefficient (Wildman–Crippen LogP) is 5.38. The molecule has 0 unspecified atom stereocenters. The van der Waals surface area contributed by atoms with Crippen molar-refractivity contribution < 1.29 is 19.7 Å². The second-order valence-corrected chi connectivity index (χ2v) is 7.27. The number of aliphatic imine (C=N–C) groups is 2. The van der Waals surface area contributed by atoms with E-state index in [0.29, 0.717) is 48.9 Å². The van der Waals surface area contributed by atoms with Crippen LogP contribution in [-0.2, 0) is 0 Å². The molecule has 2 rings (SSSR count). The van der Waals surface area contributed by atoms with Crippen molar-refractivity contribution >= 4 is 12.4 Å². The van der Waals surface area contributed by atoms with Crippen LogP contribution in [0.1, 0.15) is 57.1 Å². The average Bonchev–Trinajstić information content (AvgIpc) is 2.76. The second-order valence-electron chi connectivity index (χ2n) is 7.27. The van der Waals surface area contributed by atoms with Gasteiger partial charge >= 0.3 is 0 Å². The second kappa shape index (κ2) is 14.1. The van der Waals surface area contributed by atoms with Crippen molar-refractivity contribution in [3.05, 3.63) is 47.5 Å². The highest BCUT2D eigenvalue weighted by atomic mass is 16.5. The van der Waals surface area contributed by atoms with E-state index >= 15 is 0 Å². The Morgan fingerprint density at radius 2 is 1.16 bits per heavy atom. The first-order valence-corrected chi connectivity index (χ1v) is 11.0. The fourth-order valence-electron chi connectivity index (χ4n) is 2.69. The Kier molecular flexibility index (Phi) is 11.0. The molecule has 2 N–H and O–H groups in total. The number of rotatable bonds is 14. The lowest BCUT2D eigenvalue weighted by molar-refractivity contribution is 0.307. The number of ether oxygens (including phenoxy) is 2. The number of hydrogen-bond acceptors (Lipinski definition) is 6. The van der Waals surface area contributed by atoms with Crippen LogP contribution < -0.4 is 9.47 Å². The first kappa shape index (κ1) is 24.3. The Labute approximate surface area is 185 Å². The van der Waals surface area contributed by atoms with Crippen LogP contribution in [0.4, 0.5) is 0 Å². The fraction of sp³-hybridized carbons (Fsp3) is 0.440. The van der Waals surface area contributed by atoms with Crippen LogP contribution >= 0.6 is 0 Å². The summed E-state index contributed by atoms with van der Waals surface area (Å²) in [6, 6.07) is 10.5. The molecule has 0 aliphatic carbocycles. The zero-order chi connectivity index (χ0) is 22.3. The summed E-state index contributed by atoms with van der Waals surface area (Å²) in [5.41, 5.74) is 1.33. The van der Waals surface area contributed by atoms with Crippen LogP contribution in [0, 0.1) is 0 Å². The number of phenolic OH excluding ortho intramolecular Hbond substituents is 2. The van der Waals surface area contributed by atoms with Gasteiger partial charge in [-0.15, -0.1) is 0 Å². The zero-order valence-electron chi connectivity index (χ0n) is 18.6. The van der Waals surface area contributed by atoms with E-state index in [1.54, 1.807) is 36.7 Å². The van der Waals surface area contributed by atoms with Gasteiger partial charge < -0.3 is 19.7 Å². The highest BCUT2D eigenvalue weighted by Gasteiger charge is 2.02. The molecular weight excluding hydrogens is 392 g/mol. The topological polar surface area (TPSA) is 83.6 Å². The molecule has 0 spiro atoms. The first-order valence-electron chi connectivity index (χ1n) is 11.0. The fourth-order valence-corrected chi connectivity index (χ4v) is 2.69. The zero-order valence-corrected chi connectivity index (χ0v) is 18.6. The van der Waals surface area contributed by atoms with E-state index < -0.39 is 0 Å². The van der Waals surface area contributed by atoms with Gasteiger partial charge in [-0.3, -0.25) is 9.98 Å². The lowest BCUT2D eigenvalue weighted by atomic mass is 10.2. The van der Waals surface area contributed by atoms with Crippen molar-refractivity contribution in [1.29, 1.82) is 0 Å². The molecule has 0 heterocycles. The number of benzene rings is 2. The highest BCUT2D eigenvalue weighted by Crippen LogP contribution is 2.23. The molecule has 2 aromatic carbocycles. The van der Waals surface area contributed by atoms with Gasteiger partial charge in [0.25, 0.3) is 0 Å². The molecule has 0 atom stereocenters. The molecule has 6 nitrogen and oxygen atoms in total. The molecule has 6 heteroatoms. The Morgan fingerprint density at radius 3 is 1.55 bits per heavy atom. The van der Waals surface area contributed by atoms with E-state index in [9.17, 15) is 10.2 Å². The number of aromatic hydroxyl groups is 2. The maximum Gasteiger partial charge on any atom is 0.128 e. The Bertz CT molecular complexity index is 780. The maximum atomic E-state index is 10.1. The van der Waals surface area contributed by atoms with Gasteiger partial charge in [-0.2, -0.15) is 0 Å². The van der Waals surface area contributed by atoms with Crippen molar-refractivity contribution in [2.24, 2.45) is 9.98 Å². The molecule has 0 saturated heterocycles. The van der Waals surface area contributed by atoms with Gasteiger partial charge in [0.15, 0.2) is 0 Å². The highest BCUT2D eigenvalue weighted by molar-refractivity contribution is 5.84. The van der Waals surface area contributed by atoms with Crippen LogP contribution in [0.15, 0.2) is 46.4 Å². The SMILES string of the molecule is CCCCOc1ccc(C=NCCCN=Cc2ccc(OCCCC)cc2O)c(O)c1. The molecule has 0 fully saturated rings. The normalized spacial score (nSPS) is 11.4. The maximum absolute atomic E-state index is 10.1. The van der Waals surface area contributed by atoms with Gasteiger partial charge in [-0.25, -0.2) is 0 Å². The number of phenols is 2. The van der Waals surface area contributed by atoms with Crippen LogP contribution in [0.3, 0.4) is 0 Å². The Hall–Kier alpha value is -3.02. The number of hydrogen-bond donors (Lipinski definition) is 2. The average molecular weight is 427 g/mol. The molecule has 2 aromatic rings. The molecular formula is C25H34N2O4. The molecule has 0 amide bonds. The molecule has 0 radical (unpaired) electrons. The molecule has 168 valence electrons. The Morgan fingerprint density at radius 1 is 0.710 bits per heavy atom. The molecule has 0 aliphatic heterocycles. The van der Waals surface area contributed by atoms with Gasteiger partial charge in [0.2, 0.25) is 0 Å².